The maximum absolute atomic E-state index is 13.8. The van der Waals surface area contributed by atoms with E-state index in [4.69, 9.17) is 4.74 Å². The van der Waals surface area contributed by atoms with Crippen molar-refractivity contribution in [2.75, 3.05) is 0 Å². The second-order valence-corrected chi connectivity index (χ2v) is 8.22. The molecule has 0 fully saturated rings. The van der Waals surface area contributed by atoms with Gasteiger partial charge in [-0.05, 0) is 57.0 Å². The van der Waals surface area contributed by atoms with Crippen LogP contribution in [0.4, 0.5) is 13.6 Å². The topological polar surface area (TPSA) is 55.4 Å². The van der Waals surface area contributed by atoms with Crippen LogP contribution in [0.25, 0.3) is 0 Å². The minimum absolute atomic E-state index is 0.144. The van der Waals surface area contributed by atoms with Crippen molar-refractivity contribution in [3.63, 3.8) is 0 Å². The van der Waals surface area contributed by atoms with E-state index in [1.807, 2.05) is 0 Å². The fourth-order valence-electron chi connectivity index (χ4n) is 2.63. The van der Waals surface area contributed by atoms with Gasteiger partial charge in [0.15, 0.2) is 5.78 Å². The number of benzene rings is 2. The number of carbonyl (C=O) groups is 2. The largest absolute Gasteiger partial charge is 0.444 e. The van der Waals surface area contributed by atoms with E-state index >= 15 is 0 Å². The van der Waals surface area contributed by atoms with Crippen LogP contribution in [0.5, 0.6) is 0 Å². The molecule has 0 radical (unpaired) electrons. The Balaban J connectivity index is 2.16. The van der Waals surface area contributed by atoms with Crippen molar-refractivity contribution < 1.29 is 23.1 Å². The molecule has 0 aliphatic carbocycles. The number of ether oxygens (including phenoxy) is 1. The lowest BCUT2D eigenvalue weighted by Gasteiger charge is -2.24. The highest BCUT2D eigenvalue weighted by Gasteiger charge is 2.23. The molecule has 0 saturated carbocycles. The molecular formula is C21H22BrF2NO3. The van der Waals surface area contributed by atoms with Crippen molar-refractivity contribution in [1.82, 2.24) is 5.32 Å². The molecule has 0 aliphatic heterocycles. The van der Waals surface area contributed by atoms with Gasteiger partial charge in [0.05, 0.1) is 11.6 Å². The van der Waals surface area contributed by atoms with Gasteiger partial charge in [0, 0.05) is 10.9 Å². The second kappa shape index (κ2) is 9.28. The van der Waals surface area contributed by atoms with Gasteiger partial charge in [0.2, 0.25) is 0 Å². The number of alkyl carbamates (subject to hydrolysis) is 1. The molecule has 0 heterocycles. The van der Waals surface area contributed by atoms with Crippen molar-refractivity contribution in [1.29, 1.82) is 0 Å². The van der Waals surface area contributed by atoms with E-state index in [1.165, 1.54) is 6.07 Å². The van der Waals surface area contributed by atoms with E-state index in [-0.39, 0.29) is 12.8 Å². The van der Waals surface area contributed by atoms with Crippen LogP contribution >= 0.6 is 15.9 Å². The molecule has 0 bridgehead atoms. The van der Waals surface area contributed by atoms with E-state index < -0.39 is 40.7 Å². The van der Waals surface area contributed by atoms with Crippen LogP contribution in [0.15, 0.2) is 46.9 Å². The lowest BCUT2D eigenvalue weighted by Crippen LogP contribution is -2.35. The number of halogens is 3. The molecule has 0 aromatic heterocycles. The minimum Gasteiger partial charge on any atom is -0.444 e. The molecule has 0 spiro atoms. The number of ketones is 1. The van der Waals surface area contributed by atoms with Crippen LogP contribution in [0, 0.1) is 11.6 Å². The van der Waals surface area contributed by atoms with Gasteiger partial charge in [-0.3, -0.25) is 4.79 Å². The summed E-state index contributed by atoms with van der Waals surface area (Å²) >= 11 is 3.34. The van der Waals surface area contributed by atoms with Crippen molar-refractivity contribution in [3.8, 4) is 0 Å². The Kier molecular flexibility index (Phi) is 7.29. The summed E-state index contributed by atoms with van der Waals surface area (Å²) in [4.78, 5) is 24.5. The SMILES string of the molecule is CC(C)(C)OC(=O)NC(CCC(=O)c1c(F)cccc1F)c1ccc(Br)cc1. The van der Waals surface area contributed by atoms with Gasteiger partial charge in [0.1, 0.15) is 17.2 Å². The smallest absolute Gasteiger partial charge is 0.408 e. The van der Waals surface area contributed by atoms with Gasteiger partial charge >= 0.3 is 6.09 Å². The van der Waals surface area contributed by atoms with Crippen molar-refractivity contribution >= 4 is 27.8 Å². The lowest BCUT2D eigenvalue weighted by atomic mass is 9.98. The van der Waals surface area contributed by atoms with Crippen molar-refractivity contribution in [3.05, 3.63) is 69.7 Å². The van der Waals surface area contributed by atoms with Crippen LogP contribution in [0.1, 0.15) is 55.6 Å². The van der Waals surface area contributed by atoms with Gasteiger partial charge in [-0.2, -0.15) is 0 Å². The van der Waals surface area contributed by atoms with Gasteiger partial charge < -0.3 is 10.1 Å². The first-order valence-electron chi connectivity index (χ1n) is 8.79. The fraction of sp³-hybridized carbons (Fsp3) is 0.333. The van der Waals surface area contributed by atoms with E-state index in [9.17, 15) is 18.4 Å². The Hall–Kier alpha value is -2.28. The predicted molar refractivity (Wildman–Crippen MR) is 106 cm³/mol. The van der Waals surface area contributed by atoms with Crippen molar-refractivity contribution in [2.45, 2.75) is 45.3 Å². The summed E-state index contributed by atoms with van der Waals surface area (Å²) in [5, 5.41) is 2.73. The maximum Gasteiger partial charge on any atom is 0.408 e. The number of hydrogen-bond acceptors (Lipinski definition) is 3. The highest BCUT2D eigenvalue weighted by atomic mass is 79.9. The van der Waals surface area contributed by atoms with Gasteiger partial charge in [-0.15, -0.1) is 0 Å². The number of Topliss-reactive ketones (excluding diaryl/α,β-unsaturated/α-hetero) is 1. The number of hydrogen-bond donors (Lipinski definition) is 1. The average molecular weight is 454 g/mol. The first-order chi connectivity index (χ1) is 13.1. The van der Waals surface area contributed by atoms with E-state index in [0.717, 1.165) is 22.2 Å². The van der Waals surface area contributed by atoms with Crippen LogP contribution in [0.2, 0.25) is 0 Å². The molecule has 0 saturated heterocycles. The summed E-state index contributed by atoms with van der Waals surface area (Å²) < 4.78 is 33.8. The molecule has 4 nitrogen and oxygen atoms in total. The molecule has 2 aromatic rings. The van der Waals surface area contributed by atoms with Crippen LogP contribution in [-0.2, 0) is 4.74 Å². The minimum atomic E-state index is -0.898. The van der Waals surface area contributed by atoms with Gasteiger partial charge in [-0.25, -0.2) is 13.6 Å². The first kappa shape index (κ1) is 22.0. The monoisotopic (exact) mass is 453 g/mol. The average Bonchev–Trinajstić information content (AvgIpc) is 2.57. The van der Waals surface area contributed by atoms with E-state index in [2.05, 4.69) is 21.2 Å². The molecule has 1 atom stereocenters. The zero-order chi connectivity index (χ0) is 20.9. The van der Waals surface area contributed by atoms with Gasteiger partial charge in [0.25, 0.3) is 0 Å². The highest BCUT2D eigenvalue weighted by molar-refractivity contribution is 9.10. The second-order valence-electron chi connectivity index (χ2n) is 7.31. The van der Waals surface area contributed by atoms with E-state index in [1.54, 1.807) is 45.0 Å². The summed E-state index contributed by atoms with van der Waals surface area (Å²) in [5.74, 6) is -2.46. The summed E-state index contributed by atoms with van der Waals surface area (Å²) in [7, 11) is 0. The zero-order valence-corrected chi connectivity index (χ0v) is 17.5. The summed E-state index contributed by atoms with van der Waals surface area (Å²) in [6.07, 6.45) is -0.619. The number of nitrogens with one attached hydrogen (secondary N) is 1. The Labute approximate surface area is 171 Å². The maximum atomic E-state index is 13.8. The predicted octanol–water partition coefficient (Wildman–Crippen LogP) is 5.96. The standard InChI is InChI=1S/C21H22BrF2NO3/c1-21(2,3)28-20(27)25-17(13-7-9-14(22)10-8-13)11-12-18(26)19-15(23)5-4-6-16(19)24/h4-10,17H,11-12H2,1-3H3,(H,25,27). The third-order valence-corrected chi connectivity index (χ3v) is 4.39. The van der Waals surface area contributed by atoms with Crippen LogP contribution in [-0.4, -0.2) is 17.5 Å². The Morgan fingerprint density at radius 3 is 2.18 bits per heavy atom. The Morgan fingerprint density at radius 2 is 1.64 bits per heavy atom. The number of carbonyl (C=O) groups excluding carboxylic acids is 2. The third kappa shape index (κ3) is 6.41. The van der Waals surface area contributed by atoms with Crippen LogP contribution < -0.4 is 5.32 Å². The highest BCUT2D eigenvalue weighted by Crippen LogP contribution is 2.24. The zero-order valence-electron chi connectivity index (χ0n) is 15.9. The molecule has 0 aliphatic rings. The molecule has 28 heavy (non-hydrogen) atoms. The third-order valence-electron chi connectivity index (χ3n) is 3.87. The quantitative estimate of drug-likeness (QED) is 0.549. The normalized spacial score (nSPS) is 12.4. The molecule has 1 amide bonds. The number of amides is 1. The van der Waals surface area contributed by atoms with Crippen LogP contribution in [0.3, 0.4) is 0 Å². The first-order valence-corrected chi connectivity index (χ1v) is 9.58. The molecule has 1 N–H and O–H groups in total. The molecule has 150 valence electrons. The summed E-state index contributed by atoms with van der Waals surface area (Å²) in [6.45, 7) is 5.23. The molecule has 1 unspecified atom stereocenters. The molecule has 2 rings (SSSR count). The number of rotatable bonds is 6. The van der Waals surface area contributed by atoms with Gasteiger partial charge in [-0.1, -0.05) is 34.1 Å². The molecule has 7 heteroatoms. The summed E-state index contributed by atoms with van der Waals surface area (Å²) in [6, 6.07) is 9.93. The van der Waals surface area contributed by atoms with Crippen molar-refractivity contribution in [2.24, 2.45) is 0 Å². The Bertz CT molecular complexity index is 827. The molecular weight excluding hydrogens is 432 g/mol. The fourth-order valence-corrected chi connectivity index (χ4v) is 2.90. The lowest BCUT2D eigenvalue weighted by molar-refractivity contribution is 0.0498. The Morgan fingerprint density at radius 1 is 1.07 bits per heavy atom. The molecule has 2 aromatic carbocycles. The van der Waals surface area contributed by atoms with E-state index in [0.29, 0.717) is 0 Å². The summed E-state index contributed by atoms with van der Waals surface area (Å²) in [5.41, 5.74) is -0.495.